The number of para-hydroxylation sites is 2. The van der Waals surface area contributed by atoms with Crippen LogP contribution in [0.2, 0.25) is 0 Å². The van der Waals surface area contributed by atoms with Crippen molar-refractivity contribution in [1.29, 1.82) is 0 Å². The van der Waals surface area contributed by atoms with Crippen molar-refractivity contribution >= 4 is 17.5 Å². The highest BCUT2D eigenvalue weighted by atomic mass is 16.5. The smallest absolute Gasteiger partial charge is 0.255 e. The zero-order chi connectivity index (χ0) is 17.7. The van der Waals surface area contributed by atoms with Crippen molar-refractivity contribution < 1.29 is 14.3 Å². The fraction of sp³-hybridized carbons (Fsp3) is 0.263. The van der Waals surface area contributed by atoms with Crippen LogP contribution in [0.5, 0.6) is 5.75 Å². The zero-order valence-electron chi connectivity index (χ0n) is 14.3. The normalized spacial score (nSPS) is 10.8. The monoisotopic (exact) mass is 326 g/mol. The number of rotatable bonds is 4. The lowest BCUT2D eigenvalue weighted by Gasteiger charge is -2.20. The van der Waals surface area contributed by atoms with Gasteiger partial charge in [-0.3, -0.25) is 9.59 Å². The van der Waals surface area contributed by atoms with Crippen LogP contribution in [-0.4, -0.2) is 24.5 Å². The molecule has 0 saturated heterocycles. The molecule has 24 heavy (non-hydrogen) atoms. The van der Waals surface area contributed by atoms with Gasteiger partial charge < -0.3 is 15.4 Å². The minimum absolute atomic E-state index is 0.167. The number of carbonyl (C=O) groups excluding carboxylic acids is 2. The Morgan fingerprint density at radius 1 is 0.875 bits per heavy atom. The van der Waals surface area contributed by atoms with Gasteiger partial charge in [0.2, 0.25) is 0 Å². The highest BCUT2D eigenvalue weighted by Crippen LogP contribution is 2.23. The first-order valence-corrected chi connectivity index (χ1v) is 7.67. The number of ether oxygens (including phenoxy) is 1. The molecule has 126 valence electrons. The number of nitrogens with one attached hydrogen (secondary N) is 2. The van der Waals surface area contributed by atoms with E-state index in [1.165, 1.54) is 0 Å². The fourth-order valence-electron chi connectivity index (χ4n) is 2.13. The molecular weight excluding hydrogens is 304 g/mol. The fourth-order valence-corrected chi connectivity index (χ4v) is 2.13. The summed E-state index contributed by atoms with van der Waals surface area (Å²) < 4.78 is 5.21. The molecule has 5 heteroatoms. The van der Waals surface area contributed by atoms with E-state index in [1.807, 2.05) is 32.9 Å². The first kappa shape index (κ1) is 17.5. The summed E-state index contributed by atoms with van der Waals surface area (Å²) in [6.45, 7) is 5.75. The van der Waals surface area contributed by atoms with E-state index in [4.69, 9.17) is 4.74 Å². The van der Waals surface area contributed by atoms with Crippen LogP contribution in [0, 0.1) is 0 Å². The standard InChI is InChI=1S/C19H22N2O3/c1-19(2,3)21-18(23)14-11-9-13(10-12-14)17(22)20-15-7-5-6-8-16(15)24-4/h5-12H,1-4H3,(H,20,22)(H,21,23). The van der Waals surface area contributed by atoms with Gasteiger partial charge in [0.05, 0.1) is 12.8 Å². The molecule has 2 rings (SSSR count). The molecule has 0 radical (unpaired) electrons. The molecule has 0 fully saturated rings. The lowest BCUT2D eigenvalue weighted by molar-refractivity contribution is 0.0918. The molecule has 0 aliphatic carbocycles. The molecule has 2 N–H and O–H groups in total. The maximum atomic E-state index is 12.3. The van der Waals surface area contributed by atoms with E-state index >= 15 is 0 Å². The molecule has 0 unspecified atom stereocenters. The van der Waals surface area contributed by atoms with Crippen LogP contribution in [0.15, 0.2) is 48.5 Å². The summed E-state index contributed by atoms with van der Waals surface area (Å²) in [6, 6.07) is 13.7. The van der Waals surface area contributed by atoms with Gasteiger partial charge in [-0.2, -0.15) is 0 Å². The molecule has 0 aliphatic heterocycles. The molecule has 5 nitrogen and oxygen atoms in total. The molecule has 2 amide bonds. The molecule has 2 aromatic carbocycles. The lowest BCUT2D eigenvalue weighted by atomic mass is 10.1. The van der Waals surface area contributed by atoms with Gasteiger partial charge in [0.15, 0.2) is 0 Å². The van der Waals surface area contributed by atoms with E-state index in [-0.39, 0.29) is 17.4 Å². The Morgan fingerprint density at radius 3 is 1.96 bits per heavy atom. The number of hydrogen-bond donors (Lipinski definition) is 2. The van der Waals surface area contributed by atoms with Crippen molar-refractivity contribution in [2.45, 2.75) is 26.3 Å². The number of amides is 2. The van der Waals surface area contributed by atoms with Crippen molar-refractivity contribution in [3.05, 3.63) is 59.7 Å². The molecule has 0 aliphatic rings. The highest BCUT2D eigenvalue weighted by molar-refractivity contribution is 6.05. The number of anilines is 1. The molecular formula is C19H22N2O3. The SMILES string of the molecule is COc1ccccc1NC(=O)c1ccc(C(=O)NC(C)(C)C)cc1. The van der Waals surface area contributed by atoms with E-state index in [0.717, 1.165) is 0 Å². The lowest BCUT2D eigenvalue weighted by Crippen LogP contribution is -2.40. The predicted molar refractivity (Wildman–Crippen MR) is 94.6 cm³/mol. The van der Waals surface area contributed by atoms with E-state index in [1.54, 1.807) is 43.5 Å². The van der Waals surface area contributed by atoms with Gasteiger partial charge in [-0.25, -0.2) is 0 Å². The minimum atomic E-state index is -0.309. The third kappa shape index (κ3) is 4.59. The van der Waals surface area contributed by atoms with Crippen LogP contribution in [0.1, 0.15) is 41.5 Å². The van der Waals surface area contributed by atoms with E-state index in [9.17, 15) is 9.59 Å². The minimum Gasteiger partial charge on any atom is -0.495 e. The summed E-state index contributed by atoms with van der Waals surface area (Å²) in [5.74, 6) is 0.161. The van der Waals surface area contributed by atoms with Crippen LogP contribution in [-0.2, 0) is 0 Å². The topological polar surface area (TPSA) is 67.4 Å². The summed E-state index contributed by atoms with van der Waals surface area (Å²) >= 11 is 0. The molecule has 0 spiro atoms. The van der Waals surface area contributed by atoms with Crippen molar-refractivity contribution in [2.75, 3.05) is 12.4 Å². The molecule has 0 heterocycles. The Labute approximate surface area is 142 Å². The third-order valence-electron chi connectivity index (χ3n) is 3.25. The van der Waals surface area contributed by atoms with Crippen LogP contribution in [0.25, 0.3) is 0 Å². The van der Waals surface area contributed by atoms with Crippen LogP contribution in [0.3, 0.4) is 0 Å². The first-order valence-electron chi connectivity index (χ1n) is 7.67. The van der Waals surface area contributed by atoms with Gasteiger partial charge in [0.25, 0.3) is 11.8 Å². The van der Waals surface area contributed by atoms with Crippen molar-refractivity contribution in [3.63, 3.8) is 0 Å². The average Bonchev–Trinajstić information content (AvgIpc) is 2.54. The molecule has 0 saturated carbocycles. The zero-order valence-corrected chi connectivity index (χ0v) is 14.3. The van der Waals surface area contributed by atoms with E-state index in [2.05, 4.69) is 10.6 Å². The Balaban J connectivity index is 2.10. The number of hydrogen-bond acceptors (Lipinski definition) is 3. The Hall–Kier alpha value is -2.82. The molecule has 2 aromatic rings. The Bertz CT molecular complexity index is 731. The van der Waals surface area contributed by atoms with Crippen LogP contribution < -0.4 is 15.4 Å². The number of benzene rings is 2. The predicted octanol–water partition coefficient (Wildman–Crippen LogP) is 3.48. The maximum absolute atomic E-state index is 12.3. The van der Waals surface area contributed by atoms with Gasteiger partial charge in [0, 0.05) is 16.7 Å². The van der Waals surface area contributed by atoms with Crippen LogP contribution in [0.4, 0.5) is 5.69 Å². The second-order valence-corrected chi connectivity index (χ2v) is 6.44. The van der Waals surface area contributed by atoms with E-state index in [0.29, 0.717) is 22.6 Å². The molecule has 0 bridgehead atoms. The second kappa shape index (κ2) is 7.17. The van der Waals surface area contributed by atoms with Crippen molar-refractivity contribution in [3.8, 4) is 5.75 Å². The highest BCUT2D eigenvalue weighted by Gasteiger charge is 2.16. The van der Waals surface area contributed by atoms with Crippen LogP contribution >= 0.6 is 0 Å². The van der Waals surface area contributed by atoms with Gasteiger partial charge in [-0.15, -0.1) is 0 Å². The van der Waals surface area contributed by atoms with Gasteiger partial charge >= 0.3 is 0 Å². The number of methoxy groups -OCH3 is 1. The first-order chi connectivity index (χ1) is 11.3. The number of carbonyl (C=O) groups is 2. The summed E-state index contributed by atoms with van der Waals surface area (Å²) in [7, 11) is 1.55. The Morgan fingerprint density at radius 2 is 1.42 bits per heavy atom. The quantitative estimate of drug-likeness (QED) is 0.904. The summed E-state index contributed by atoms with van der Waals surface area (Å²) in [5.41, 5.74) is 1.27. The van der Waals surface area contributed by atoms with E-state index < -0.39 is 0 Å². The Kier molecular flexibility index (Phi) is 5.24. The van der Waals surface area contributed by atoms with Gasteiger partial charge in [-0.1, -0.05) is 12.1 Å². The average molecular weight is 326 g/mol. The van der Waals surface area contributed by atoms with Crippen molar-refractivity contribution in [1.82, 2.24) is 5.32 Å². The summed E-state index contributed by atoms with van der Waals surface area (Å²) in [4.78, 5) is 24.4. The largest absolute Gasteiger partial charge is 0.495 e. The molecule has 0 atom stereocenters. The maximum Gasteiger partial charge on any atom is 0.255 e. The molecule has 0 aromatic heterocycles. The summed E-state index contributed by atoms with van der Waals surface area (Å²) in [6.07, 6.45) is 0. The summed E-state index contributed by atoms with van der Waals surface area (Å²) in [5, 5.41) is 5.68. The van der Waals surface area contributed by atoms with Gasteiger partial charge in [0.1, 0.15) is 5.75 Å². The van der Waals surface area contributed by atoms with Gasteiger partial charge in [-0.05, 0) is 57.2 Å². The third-order valence-corrected chi connectivity index (χ3v) is 3.25. The second-order valence-electron chi connectivity index (χ2n) is 6.44. The van der Waals surface area contributed by atoms with Crippen molar-refractivity contribution in [2.24, 2.45) is 0 Å².